The van der Waals surface area contributed by atoms with Gasteiger partial charge in [0.25, 0.3) is 0 Å². The first-order valence-electron chi connectivity index (χ1n) is 5.69. The first-order chi connectivity index (χ1) is 6.93. The molecule has 0 rings (SSSR count). The van der Waals surface area contributed by atoms with Gasteiger partial charge >= 0.3 is 5.97 Å². The third-order valence-electron chi connectivity index (χ3n) is 3.16. The maximum absolute atomic E-state index is 11.3. The number of esters is 1. The van der Waals surface area contributed by atoms with Crippen LogP contribution in [0.3, 0.4) is 0 Å². The van der Waals surface area contributed by atoms with E-state index in [0.29, 0.717) is 18.3 Å². The van der Waals surface area contributed by atoms with Crippen LogP contribution in [0.2, 0.25) is 0 Å². The van der Waals surface area contributed by atoms with Crippen molar-refractivity contribution in [2.45, 2.75) is 40.5 Å². The second kappa shape index (κ2) is 6.65. The average Bonchev–Trinajstić information content (AvgIpc) is 2.23. The highest BCUT2D eigenvalue weighted by Gasteiger charge is 2.23. The smallest absolute Gasteiger partial charge is 0.306 e. The average molecular weight is 212 g/mol. The Hall–Kier alpha value is -0.790. The van der Waals surface area contributed by atoms with Gasteiger partial charge in [0.05, 0.1) is 13.5 Å². The molecular formula is C13H24O2. The lowest BCUT2D eigenvalue weighted by Gasteiger charge is -2.26. The molecule has 0 saturated carbocycles. The fraction of sp³-hybridized carbons (Fsp3) is 0.769. The number of methoxy groups -OCH3 is 1. The Morgan fingerprint density at radius 2 is 1.87 bits per heavy atom. The molecule has 0 aliphatic rings. The molecule has 0 unspecified atom stereocenters. The summed E-state index contributed by atoms with van der Waals surface area (Å²) in [4.78, 5) is 11.3. The van der Waals surface area contributed by atoms with E-state index in [1.807, 2.05) is 0 Å². The zero-order valence-electron chi connectivity index (χ0n) is 10.7. The molecule has 0 spiro atoms. The quantitative estimate of drug-likeness (QED) is 0.498. The summed E-state index contributed by atoms with van der Waals surface area (Å²) in [6.45, 7) is 12.7. The normalized spacial score (nSPS) is 14.8. The maximum atomic E-state index is 11.3. The van der Waals surface area contributed by atoms with E-state index in [-0.39, 0.29) is 11.9 Å². The molecule has 2 heteroatoms. The van der Waals surface area contributed by atoms with E-state index in [2.05, 4.69) is 34.3 Å². The lowest BCUT2D eigenvalue weighted by Crippen LogP contribution is -2.20. The van der Waals surface area contributed by atoms with Crippen molar-refractivity contribution in [3.8, 4) is 0 Å². The highest BCUT2D eigenvalue weighted by atomic mass is 16.5. The molecule has 0 amide bonds. The van der Waals surface area contributed by atoms with Gasteiger partial charge < -0.3 is 4.74 Å². The maximum Gasteiger partial charge on any atom is 0.306 e. The summed E-state index contributed by atoms with van der Waals surface area (Å²) in [6, 6.07) is 0. The van der Waals surface area contributed by atoms with Crippen LogP contribution in [-0.2, 0) is 9.53 Å². The summed E-state index contributed by atoms with van der Waals surface area (Å²) in [5, 5.41) is 0. The molecule has 15 heavy (non-hydrogen) atoms. The molecule has 2 nitrogen and oxygen atoms in total. The van der Waals surface area contributed by atoms with Crippen molar-refractivity contribution in [2.24, 2.45) is 17.8 Å². The van der Waals surface area contributed by atoms with E-state index >= 15 is 0 Å². The van der Waals surface area contributed by atoms with E-state index < -0.39 is 0 Å². The Bertz CT molecular complexity index is 219. The standard InChI is InChI=1S/C13H24O2/c1-7-10(4)12(8-13(14)15-6)11(5)9(2)3/h9-10,12H,5,7-8H2,1-4,6H3/t10-,12+/m1/s1. The fourth-order valence-corrected chi connectivity index (χ4v) is 1.67. The molecule has 0 aliphatic heterocycles. The molecule has 0 aromatic carbocycles. The summed E-state index contributed by atoms with van der Waals surface area (Å²) in [5.41, 5.74) is 1.16. The van der Waals surface area contributed by atoms with Crippen LogP contribution < -0.4 is 0 Å². The highest BCUT2D eigenvalue weighted by molar-refractivity contribution is 5.70. The first kappa shape index (κ1) is 14.2. The topological polar surface area (TPSA) is 26.3 Å². The number of rotatable bonds is 6. The number of carbonyl (C=O) groups is 1. The fourth-order valence-electron chi connectivity index (χ4n) is 1.67. The summed E-state index contributed by atoms with van der Waals surface area (Å²) < 4.78 is 4.73. The van der Waals surface area contributed by atoms with Crippen LogP contribution in [0.4, 0.5) is 0 Å². The molecule has 0 aromatic heterocycles. The Labute approximate surface area is 93.7 Å². The van der Waals surface area contributed by atoms with Crippen LogP contribution in [-0.4, -0.2) is 13.1 Å². The van der Waals surface area contributed by atoms with Crippen LogP contribution in [0.1, 0.15) is 40.5 Å². The number of hydrogen-bond donors (Lipinski definition) is 0. The molecule has 0 radical (unpaired) electrons. The molecule has 0 saturated heterocycles. The van der Waals surface area contributed by atoms with Crippen molar-refractivity contribution in [3.63, 3.8) is 0 Å². The highest BCUT2D eigenvalue weighted by Crippen LogP contribution is 2.30. The minimum atomic E-state index is -0.137. The van der Waals surface area contributed by atoms with E-state index in [9.17, 15) is 4.79 Å². The van der Waals surface area contributed by atoms with Crippen LogP contribution in [0.25, 0.3) is 0 Å². The van der Waals surface area contributed by atoms with E-state index in [4.69, 9.17) is 4.74 Å². The minimum Gasteiger partial charge on any atom is -0.469 e. The number of allylic oxidation sites excluding steroid dienone is 1. The van der Waals surface area contributed by atoms with Crippen LogP contribution >= 0.6 is 0 Å². The molecule has 0 N–H and O–H groups in total. The second-order valence-electron chi connectivity index (χ2n) is 4.50. The largest absolute Gasteiger partial charge is 0.469 e. The summed E-state index contributed by atoms with van der Waals surface area (Å²) in [6.07, 6.45) is 1.52. The minimum absolute atomic E-state index is 0.137. The lowest BCUT2D eigenvalue weighted by molar-refractivity contribution is -0.141. The van der Waals surface area contributed by atoms with Gasteiger partial charge in [-0.2, -0.15) is 0 Å². The van der Waals surface area contributed by atoms with Crippen molar-refractivity contribution in [2.75, 3.05) is 7.11 Å². The van der Waals surface area contributed by atoms with E-state index in [0.717, 1.165) is 12.0 Å². The SMILES string of the molecule is C=C(C(C)C)[C@@H](CC(=O)OC)[C@H](C)CC. The third kappa shape index (κ3) is 4.50. The van der Waals surface area contributed by atoms with Crippen molar-refractivity contribution >= 4 is 5.97 Å². The number of hydrogen-bond acceptors (Lipinski definition) is 2. The van der Waals surface area contributed by atoms with Gasteiger partial charge in [0.15, 0.2) is 0 Å². The van der Waals surface area contributed by atoms with Crippen LogP contribution in [0.15, 0.2) is 12.2 Å². The van der Waals surface area contributed by atoms with Gasteiger partial charge in [-0.05, 0) is 17.8 Å². The van der Waals surface area contributed by atoms with Crippen LogP contribution in [0.5, 0.6) is 0 Å². The summed E-state index contributed by atoms with van der Waals surface area (Å²) in [7, 11) is 1.44. The lowest BCUT2D eigenvalue weighted by atomic mass is 9.79. The Morgan fingerprint density at radius 3 is 2.20 bits per heavy atom. The first-order valence-corrected chi connectivity index (χ1v) is 5.69. The van der Waals surface area contributed by atoms with Gasteiger partial charge in [-0.25, -0.2) is 0 Å². The molecular weight excluding hydrogens is 188 g/mol. The van der Waals surface area contributed by atoms with Crippen molar-refractivity contribution in [1.82, 2.24) is 0 Å². The number of ether oxygens (including phenoxy) is 1. The molecule has 2 atom stereocenters. The molecule has 0 bridgehead atoms. The van der Waals surface area contributed by atoms with Gasteiger partial charge in [-0.15, -0.1) is 0 Å². The molecule has 0 heterocycles. The molecule has 0 aliphatic carbocycles. The molecule has 0 fully saturated rings. The number of carbonyl (C=O) groups excluding carboxylic acids is 1. The van der Waals surface area contributed by atoms with E-state index in [1.54, 1.807) is 0 Å². The van der Waals surface area contributed by atoms with Crippen molar-refractivity contribution < 1.29 is 9.53 Å². The van der Waals surface area contributed by atoms with Crippen molar-refractivity contribution in [1.29, 1.82) is 0 Å². The monoisotopic (exact) mass is 212 g/mol. The van der Waals surface area contributed by atoms with E-state index in [1.165, 1.54) is 7.11 Å². The Morgan fingerprint density at radius 1 is 1.33 bits per heavy atom. The Balaban J connectivity index is 4.58. The van der Waals surface area contributed by atoms with Gasteiger partial charge in [0.1, 0.15) is 0 Å². The predicted octanol–water partition coefficient (Wildman–Crippen LogP) is 3.42. The zero-order valence-corrected chi connectivity index (χ0v) is 10.7. The second-order valence-corrected chi connectivity index (χ2v) is 4.50. The molecule has 0 aromatic rings. The zero-order chi connectivity index (χ0) is 12.0. The van der Waals surface area contributed by atoms with Gasteiger partial charge in [0.2, 0.25) is 0 Å². The summed E-state index contributed by atoms with van der Waals surface area (Å²) >= 11 is 0. The van der Waals surface area contributed by atoms with Crippen LogP contribution in [0, 0.1) is 17.8 Å². The molecule has 88 valence electrons. The Kier molecular flexibility index (Phi) is 6.30. The van der Waals surface area contributed by atoms with Crippen molar-refractivity contribution in [3.05, 3.63) is 12.2 Å². The predicted molar refractivity (Wildman–Crippen MR) is 63.6 cm³/mol. The van der Waals surface area contributed by atoms with Gasteiger partial charge in [0, 0.05) is 0 Å². The third-order valence-corrected chi connectivity index (χ3v) is 3.16. The van der Waals surface area contributed by atoms with Gasteiger partial charge in [-0.1, -0.05) is 46.3 Å². The summed E-state index contributed by atoms with van der Waals surface area (Å²) in [5.74, 6) is 1.03. The van der Waals surface area contributed by atoms with Gasteiger partial charge in [-0.3, -0.25) is 4.79 Å².